The van der Waals surface area contributed by atoms with Crippen LogP contribution in [0.2, 0.25) is 0 Å². The summed E-state index contributed by atoms with van der Waals surface area (Å²) in [4.78, 5) is 24.6. The zero-order valence-electron chi connectivity index (χ0n) is 9.01. The standard InChI is InChI=1S/C13H10N2O2/c14-11(16)7-15-10-6-2-4-8-3-1-5-9(12(8)10)13(15)17/h1-6H,7H2,(H2,14,16). The summed E-state index contributed by atoms with van der Waals surface area (Å²) in [5.41, 5.74) is 6.57. The van der Waals surface area contributed by atoms with E-state index in [1.165, 1.54) is 4.90 Å². The van der Waals surface area contributed by atoms with E-state index in [0.29, 0.717) is 5.56 Å². The maximum atomic E-state index is 12.1. The molecule has 0 unspecified atom stereocenters. The summed E-state index contributed by atoms with van der Waals surface area (Å²) in [6.07, 6.45) is 0. The lowest BCUT2D eigenvalue weighted by Crippen LogP contribution is -2.35. The Labute approximate surface area is 97.6 Å². The van der Waals surface area contributed by atoms with Crippen molar-refractivity contribution in [3.8, 4) is 0 Å². The topological polar surface area (TPSA) is 63.4 Å². The molecular formula is C13H10N2O2. The Morgan fingerprint density at radius 3 is 2.59 bits per heavy atom. The molecular weight excluding hydrogens is 216 g/mol. The molecule has 3 rings (SSSR count). The van der Waals surface area contributed by atoms with Gasteiger partial charge in [0.15, 0.2) is 0 Å². The molecule has 17 heavy (non-hydrogen) atoms. The van der Waals surface area contributed by atoms with Crippen molar-refractivity contribution in [2.45, 2.75) is 0 Å². The van der Waals surface area contributed by atoms with E-state index in [1.54, 1.807) is 6.07 Å². The summed E-state index contributed by atoms with van der Waals surface area (Å²) in [7, 11) is 0. The van der Waals surface area contributed by atoms with Crippen LogP contribution < -0.4 is 10.6 Å². The zero-order chi connectivity index (χ0) is 12.0. The number of hydrogen-bond donors (Lipinski definition) is 1. The van der Waals surface area contributed by atoms with Crippen molar-refractivity contribution >= 4 is 28.3 Å². The van der Waals surface area contributed by atoms with Crippen molar-refractivity contribution < 1.29 is 9.59 Å². The molecule has 0 saturated heterocycles. The first-order valence-electron chi connectivity index (χ1n) is 5.30. The van der Waals surface area contributed by atoms with Crippen molar-refractivity contribution in [1.82, 2.24) is 0 Å². The fourth-order valence-corrected chi connectivity index (χ4v) is 2.29. The highest BCUT2D eigenvalue weighted by molar-refractivity contribution is 6.26. The summed E-state index contributed by atoms with van der Waals surface area (Å²) in [5.74, 6) is -0.668. The fraction of sp³-hybridized carbons (Fsp3) is 0.0769. The smallest absolute Gasteiger partial charge is 0.259 e. The third-order valence-electron chi connectivity index (χ3n) is 2.96. The molecule has 1 aliphatic heterocycles. The first-order valence-corrected chi connectivity index (χ1v) is 5.30. The van der Waals surface area contributed by atoms with Gasteiger partial charge in [-0.05, 0) is 17.5 Å². The number of primary amides is 1. The summed E-state index contributed by atoms with van der Waals surface area (Å²) < 4.78 is 0. The normalized spacial score (nSPS) is 13.4. The van der Waals surface area contributed by atoms with Gasteiger partial charge in [-0.2, -0.15) is 0 Å². The number of benzene rings is 2. The minimum atomic E-state index is -0.511. The maximum absolute atomic E-state index is 12.1. The molecule has 84 valence electrons. The average Bonchev–Trinajstić information content (AvgIpc) is 2.57. The Balaban J connectivity index is 2.27. The van der Waals surface area contributed by atoms with E-state index in [1.807, 2.05) is 30.3 Å². The van der Waals surface area contributed by atoms with Gasteiger partial charge in [0, 0.05) is 10.9 Å². The van der Waals surface area contributed by atoms with E-state index in [0.717, 1.165) is 16.5 Å². The van der Waals surface area contributed by atoms with Gasteiger partial charge in [0.05, 0.1) is 5.69 Å². The van der Waals surface area contributed by atoms with E-state index in [2.05, 4.69) is 0 Å². The van der Waals surface area contributed by atoms with Crippen molar-refractivity contribution in [2.24, 2.45) is 5.73 Å². The Morgan fingerprint density at radius 1 is 1.18 bits per heavy atom. The van der Waals surface area contributed by atoms with Gasteiger partial charge < -0.3 is 5.73 Å². The fourth-order valence-electron chi connectivity index (χ4n) is 2.29. The predicted octanol–water partition coefficient (Wildman–Crippen LogP) is 1.29. The number of nitrogens with zero attached hydrogens (tertiary/aromatic N) is 1. The van der Waals surface area contributed by atoms with Gasteiger partial charge >= 0.3 is 0 Å². The number of amides is 2. The monoisotopic (exact) mass is 226 g/mol. The largest absolute Gasteiger partial charge is 0.368 e. The molecule has 1 aliphatic rings. The van der Waals surface area contributed by atoms with Crippen LogP contribution in [0.25, 0.3) is 10.8 Å². The van der Waals surface area contributed by atoms with Crippen LogP contribution in [-0.4, -0.2) is 18.4 Å². The molecule has 0 saturated carbocycles. The molecule has 0 aliphatic carbocycles. The van der Waals surface area contributed by atoms with Gasteiger partial charge in [0.2, 0.25) is 5.91 Å². The van der Waals surface area contributed by atoms with Gasteiger partial charge in [-0.1, -0.05) is 24.3 Å². The lowest BCUT2D eigenvalue weighted by Gasteiger charge is -2.14. The molecule has 0 radical (unpaired) electrons. The first kappa shape index (κ1) is 9.84. The van der Waals surface area contributed by atoms with Crippen molar-refractivity contribution in [3.05, 3.63) is 42.0 Å². The van der Waals surface area contributed by atoms with Gasteiger partial charge in [-0.3, -0.25) is 14.5 Å². The average molecular weight is 226 g/mol. The molecule has 0 aromatic heterocycles. The Bertz CT molecular complexity index is 644. The van der Waals surface area contributed by atoms with E-state index < -0.39 is 5.91 Å². The molecule has 0 atom stereocenters. The Hall–Kier alpha value is -2.36. The number of carbonyl (C=O) groups excluding carboxylic acids is 2. The van der Waals surface area contributed by atoms with Gasteiger partial charge in [-0.15, -0.1) is 0 Å². The molecule has 0 spiro atoms. The minimum Gasteiger partial charge on any atom is -0.368 e. The lowest BCUT2D eigenvalue weighted by atomic mass is 10.1. The summed E-state index contributed by atoms with van der Waals surface area (Å²) in [6.45, 7) is -0.0768. The predicted molar refractivity (Wildman–Crippen MR) is 64.8 cm³/mol. The van der Waals surface area contributed by atoms with E-state index >= 15 is 0 Å². The second kappa shape index (κ2) is 3.31. The van der Waals surface area contributed by atoms with E-state index in [-0.39, 0.29) is 12.5 Å². The minimum absolute atomic E-state index is 0.0768. The van der Waals surface area contributed by atoms with Crippen LogP contribution in [0.5, 0.6) is 0 Å². The van der Waals surface area contributed by atoms with Crippen molar-refractivity contribution in [3.63, 3.8) is 0 Å². The molecule has 2 aromatic carbocycles. The molecule has 0 bridgehead atoms. The number of anilines is 1. The van der Waals surface area contributed by atoms with Crippen LogP contribution in [0.15, 0.2) is 36.4 Å². The van der Waals surface area contributed by atoms with E-state index in [9.17, 15) is 9.59 Å². The van der Waals surface area contributed by atoms with Crippen LogP contribution in [0.4, 0.5) is 5.69 Å². The maximum Gasteiger partial charge on any atom is 0.259 e. The van der Waals surface area contributed by atoms with Gasteiger partial charge in [-0.25, -0.2) is 0 Å². The van der Waals surface area contributed by atoms with Crippen LogP contribution in [0, 0.1) is 0 Å². The second-order valence-corrected chi connectivity index (χ2v) is 4.04. The number of carbonyl (C=O) groups is 2. The number of rotatable bonds is 2. The lowest BCUT2D eigenvalue weighted by molar-refractivity contribution is -0.116. The zero-order valence-corrected chi connectivity index (χ0v) is 9.01. The number of nitrogens with two attached hydrogens (primary N) is 1. The third kappa shape index (κ3) is 1.30. The summed E-state index contributed by atoms with van der Waals surface area (Å²) in [5, 5.41) is 1.90. The molecule has 2 aromatic rings. The molecule has 0 fully saturated rings. The summed E-state index contributed by atoms with van der Waals surface area (Å²) in [6, 6.07) is 11.2. The summed E-state index contributed by atoms with van der Waals surface area (Å²) >= 11 is 0. The SMILES string of the molecule is NC(=O)CN1C(=O)c2cccc3cccc1c23. The third-order valence-corrected chi connectivity index (χ3v) is 2.96. The van der Waals surface area contributed by atoms with E-state index in [4.69, 9.17) is 5.73 Å². The molecule has 4 nitrogen and oxygen atoms in total. The van der Waals surface area contributed by atoms with Crippen LogP contribution in [0.1, 0.15) is 10.4 Å². The Kier molecular flexibility index (Phi) is 1.92. The first-order chi connectivity index (χ1) is 8.18. The van der Waals surface area contributed by atoms with Gasteiger partial charge in [0.25, 0.3) is 5.91 Å². The van der Waals surface area contributed by atoms with Crippen molar-refractivity contribution in [2.75, 3.05) is 11.4 Å². The quantitative estimate of drug-likeness (QED) is 0.838. The second-order valence-electron chi connectivity index (χ2n) is 4.04. The van der Waals surface area contributed by atoms with Gasteiger partial charge in [0.1, 0.15) is 6.54 Å². The molecule has 1 heterocycles. The molecule has 4 heteroatoms. The van der Waals surface area contributed by atoms with Crippen LogP contribution in [0.3, 0.4) is 0 Å². The Morgan fingerprint density at radius 2 is 1.88 bits per heavy atom. The highest BCUT2D eigenvalue weighted by Gasteiger charge is 2.30. The highest BCUT2D eigenvalue weighted by atomic mass is 16.2. The molecule has 2 amide bonds. The highest BCUT2D eigenvalue weighted by Crippen LogP contribution is 2.36. The molecule has 2 N–H and O–H groups in total. The number of hydrogen-bond acceptors (Lipinski definition) is 2. The van der Waals surface area contributed by atoms with Crippen LogP contribution in [-0.2, 0) is 4.79 Å². The van der Waals surface area contributed by atoms with Crippen molar-refractivity contribution in [1.29, 1.82) is 0 Å². The van der Waals surface area contributed by atoms with Crippen LogP contribution >= 0.6 is 0 Å².